The molecule has 0 atom stereocenters. The van der Waals surface area contributed by atoms with E-state index >= 15 is 0 Å². The van der Waals surface area contributed by atoms with Crippen molar-refractivity contribution < 1.29 is 13.2 Å². The van der Waals surface area contributed by atoms with E-state index in [-0.39, 0.29) is 23.5 Å². The van der Waals surface area contributed by atoms with E-state index in [4.69, 9.17) is 17.3 Å². The van der Waals surface area contributed by atoms with Crippen molar-refractivity contribution in [1.82, 2.24) is 19.7 Å². The number of nitrogens with two attached hydrogens (primary N) is 1. The minimum atomic E-state index is -4.55. The number of nitrogens with zero attached hydrogens (tertiary/aromatic N) is 4. The fourth-order valence-electron chi connectivity index (χ4n) is 2.02. The van der Waals surface area contributed by atoms with E-state index in [0.717, 1.165) is 0 Å². The fourth-order valence-corrected chi connectivity index (χ4v) is 2.22. The fraction of sp³-hybridized carbons (Fsp3) is 0.500. The Bertz CT molecular complexity index is 737. The Kier molecular flexibility index (Phi) is 5.43. The summed E-state index contributed by atoms with van der Waals surface area (Å²) in [5.74, 6) is -0.337. The highest BCUT2D eigenvalue weighted by atomic mass is 35.5. The minimum absolute atomic E-state index is 0.0302. The summed E-state index contributed by atoms with van der Waals surface area (Å²) in [6.45, 7) is 5.96. The van der Waals surface area contributed by atoms with Gasteiger partial charge in [-0.1, -0.05) is 11.6 Å². The smallest absolute Gasteiger partial charge is 0.370 e. The SMILES string of the molecule is CCNc1nc(Nc2cnn(CC(C)(C)N)c2Cl)ncc1C(F)(F)F. The molecule has 138 valence electrons. The van der Waals surface area contributed by atoms with Gasteiger partial charge >= 0.3 is 6.18 Å². The predicted octanol–water partition coefficient (Wildman–Crippen LogP) is 3.26. The van der Waals surface area contributed by atoms with Gasteiger partial charge in [0, 0.05) is 18.3 Å². The number of anilines is 3. The number of rotatable bonds is 6. The lowest BCUT2D eigenvalue weighted by Crippen LogP contribution is -2.37. The molecule has 0 bridgehead atoms. The second-order valence-electron chi connectivity index (χ2n) is 6.10. The molecule has 0 saturated carbocycles. The highest BCUT2D eigenvalue weighted by Crippen LogP contribution is 2.34. The Hall–Kier alpha value is -2.07. The molecule has 0 aromatic carbocycles. The van der Waals surface area contributed by atoms with Gasteiger partial charge in [-0.3, -0.25) is 4.68 Å². The quantitative estimate of drug-likeness (QED) is 0.715. The van der Waals surface area contributed by atoms with Crippen LogP contribution in [0.15, 0.2) is 12.4 Å². The van der Waals surface area contributed by atoms with Gasteiger partial charge in [-0.2, -0.15) is 23.3 Å². The van der Waals surface area contributed by atoms with Gasteiger partial charge in [0.1, 0.15) is 11.4 Å². The molecule has 0 fully saturated rings. The number of halogens is 4. The standard InChI is InChI=1S/C14H19ClF3N7/c1-4-20-11-8(14(16,17)18)5-21-12(24-11)23-9-6-22-25(10(9)15)7-13(2,3)19/h5-6H,4,7,19H2,1-3H3,(H2,20,21,23,24). The molecule has 25 heavy (non-hydrogen) atoms. The van der Waals surface area contributed by atoms with Crippen molar-refractivity contribution in [3.63, 3.8) is 0 Å². The van der Waals surface area contributed by atoms with E-state index in [0.29, 0.717) is 18.4 Å². The number of hydrogen-bond acceptors (Lipinski definition) is 6. The van der Waals surface area contributed by atoms with Crippen molar-refractivity contribution in [2.45, 2.75) is 39.0 Å². The number of alkyl halides is 3. The predicted molar refractivity (Wildman–Crippen MR) is 90.0 cm³/mol. The normalized spacial score (nSPS) is 12.3. The lowest BCUT2D eigenvalue weighted by atomic mass is 10.1. The molecule has 7 nitrogen and oxygen atoms in total. The van der Waals surface area contributed by atoms with Crippen LogP contribution in [0.25, 0.3) is 0 Å². The largest absolute Gasteiger partial charge is 0.421 e. The van der Waals surface area contributed by atoms with Gasteiger partial charge in [-0.15, -0.1) is 0 Å². The maximum Gasteiger partial charge on any atom is 0.421 e. The monoisotopic (exact) mass is 377 g/mol. The third-order valence-corrected chi connectivity index (χ3v) is 3.42. The van der Waals surface area contributed by atoms with Gasteiger partial charge in [0.2, 0.25) is 5.95 Å². The van der Waals surface area contributed by atoms with Crippen LogP contribution in [0.1, 0.15) is 26.3 Å². The molecule has 0 saturated heterocycles. The molecule has 4 N–H and O–H groups in total. The molecular weight excluding hydrogens is 359 g/mol. The van der Waals surface area contributed by atoms with Gasteiger partial charge in [0.05, 0.1) is 18.4 Å². The summed E-state index contributed by atoms with van der Waals surface area (Å²) in [4.78, 5) is 7.58. The van der Waals surface area contributed by atoms with E-state index in [1.807, 2.05) is 13.8 Å². The highest BCUT2D eigenvalue weighted by molar-refractivity contribution is 6.32. The second kappa shape index (κ2) is 7.04. The molecule has 2 rings (SSSR count). The molecule has 11 heteroatoms. The number of aromatic nitrogens is 4. The first kappa shape index (κ1) is 19.3. The zero-order valence-corrected chi connectivity index (χ0v) is 14.7. The third-order valence-electron chi connectivity index (χ3n) is 3.02. The Balaban J connectivity index is 2.28. The van der Waals surface area contributed by atoms with E-state index in [1.165, 1.54) is 10.9 Å². The third kappa shape index (κ3) is 4.95. The van der Waals surface area contributed by atoms with Crippen LogP contribution in [0.2, 0.25) is 5.15 Å². The zero-order chi connectivity index (χ0) is 18.8. The van der Waals surface area contributed by atoms with Crippen molar-refractivity contribution in [3.8, 4) is 0 Å². The van der Waals surface area contributed by atoms with Crippen molar-refractivity contribution in [2.24, 2.45) is 5.73 Å². The van der Waals surface area contributed by atoms with Crippen LogP contribution in [0.3, 0.4) is 0 Å². The molecule has 0 aliphatic heterocycles. The van der Waals surface area contributed by atoms with Gasteiger partial charge < -0.3 is 16.4 Å². The lowest BCUT2D eigenvalue weighted by Gasteiger charge is -2.18. The first-order valence-corrected chi connectivity index (χ1v) is 7.84. The minimum Gasteiger partial charge on any atom is -0.370 e. The summed E-state index contributed by atoms with van der Waals surface area (Å²) in [6, 6.07) is 0. The van der Waals surface area contributed by atoms with Crippen LogP contribution < -0.4 is 16.4 Å². The second-order valence-corrected chi connectivity index (χ2v) is 6.46. The molecule has 0 radical (unpaired) electrons. The first-order chi connectivity index (χ1) is 11.5. The average Bonchev–Trinajstić information content (AvgIpc) is 2.78. The summed E-state index contributed by atoms with van der Waals surface area (Å²) in [6.07, 6.45) is -2.40. The van der Waals surface area contributed by atoms with Crippen molar-refractivity contribution in [3.05, 3.63) is 23.1 Å². The average molecular weight is 378 g/mol. The molecule has 0 aliphatic carbocycles. The molecule has 2 aromatic rings. The molecule has 2 aromatic heterocycles. The van der Waals surface area contributed by atoms with Gasteiger partial charge in [-0.25, -0.2) is 4.98 Å². The molecule has 0 unspecified atom stereocenters. The van der Waals surface area contributed by atoms with Crippen molar-refractivity contribution in [2.75, 3.05) is 17.2 Å². The van der Waals surface area contributed by atoms with Crippen molar-refractivity contribution >= 4 is 29.1 Å². The topological polar surface area (TPSA) is 93.7 Å². The Labute approximate surface area is 147 Å². The zero-order valence-electron chi connectivity index (χ0n) is 13.9. The number of nitrogens with one attached hydrogen (secondary N) is 2. The van der Waals surface area contributed by atoms with Crippen LogP contribution in [0.4, 0.5) is 30.6 Å². The summed E-state index contributed by atoms with van der Waals surface area (Å²) < 4.78 is 40.4. The lowest BCUT2D eigenvalue weighted by molar-refractivity contribution is -0.137. The van der Waals surface area contributed by atoms with Crippen LogP contribution in [0.5, 0.6) is 0 Å². The first-order valence-electron chi connectivity index (χ1n) is 7.46. The van der Waals surface area contributed by atoms with E-state index in [1.54, 1.807) is 6.92 Å². The number of hydrogen-bond donors (Lipinski definition) is 3. The van der Waals surface area contributed by atoms with Gasteiger partial charge in [0.15, 0.2) is 5.15 Å². The van der Waals surface area contributed by atoms with Crippen LogP contribution in [-0.2, 0) is 12.7 Å². The summed E-state index contributed by atoms with van der Waals surface area (Å²) >= 11 is 6.22. The van der Waals surface area contributed by atoms with Crippen LogP contribution in [-0.4, -0.2) is 31.8 Å². The maximum absolute atomic E-state index is 13.0. The van der Waals surface area contributed by atoms with Gasteiger partial charge in [0.25, 0.3) is 0 Å². The molecular formula is C14H19ClF3N7. The maximum atomic E-state index is 13.0. The Morgan fingerprint density at radius 2 is 1.96 bits per heavy atom. The summed E-state index contributed by atoms with van der Waals surface area (Å²) in [7, 11) is 0. The molecule has 0 aliphatic rings. The van der Waals surface area contributed by atoms with E-state index < -0.39 is 17.3 Å². The Morgan fingerprint density at radius 1 is 1.28 bits per heavy atom. The highest BCUT2D eigenvalue weighted by Gasteiger charge is 2.35. The molecule has 0 spiro atoms. The molecule has 0 amide bonds. The van der Waals surface area contributed by atoms with E-state index in [9.17, 15) is 13.2 Å². The Morgan fingerprint density at radius 3 is 2.52 bits per heavy atom. The van der Waals surface area contributed by atoms with Crippen LogP contribution >= 0.6 is 11.6 Å². The van der Waals surface area contributed by atoms with E-state index in [2.05, 4.69) is 25.7 Å². The summed E-state index contributed by atoms with van der Waals surface area (Å²) in [5.41, 5.74) is 4.83. The molecule has 2 heterocycles. The van der Waals surface area contributed by atoms with Crippen LogP contribution in [0, 0.1) is 0 Å². The van der Waals surface area contributed by atoms with Crippen molar-refractivity contribution in [1.29, 1.82) is 0 Å². The summed E-state index contributed by atoms with van der Waals surface area (Å²) in [5, 5.41) is 9.71. The van der Waals surface area contributed by atoms with Gasteiger partial charge in [-0.05, 0) is 20.8 Å².